The van der Waals surface area contributed by atoms with Crippen molar-refractivity contribution >= 4 is 5.91 Å². The second-order valence-corrected chi connectivity index (χ2v) is 6.38. The van der Waals surface area contributed by atoms with Crippen molar-refractivity contribution in [2.75, 3.05) is 6.54 Å². The Morgan fingerprint density at radius 2 is 1.92 bits per heavy atom. The minimum absolute atomic E-state index is 0.206. The molecule has 0 spiro atoms. The first-order chi connectivity index (χ1) is 12.5. The van der Waals surface area contributed by atoms with Crippen LogP contribution in [-0.2, 0) is 0 Å². The Hall–Kier alpha value is -3.06. The quantitative estimate of drug-likeness (QED) is 0.710. The van der Waals surface area contributed by atoms with Crippen molar-refractivity contribution in [3.8, 4) is 5.82 Å². The van der Waals surface area contributed by atoms with Crippen LogP contribution in [0.5, 0.6) is 0 Å². The van der Waals surface area contributed by atoms with Gasteiger partial charge >= 0.3 is 0 Å². The lowest BCUT2D eigenvalue weighted by Gasteiger charge is -2.15. The zero-order valence-electron chi connectivity index (χ0n) is 14.8. The summed E-state index contributed by atoms with van der Waals surface area (Å²) in [6.07, 6.45) is 4.51. The fraction of sp³-hybridized carbons (Fsp3) is 0.263. The third-order valence-corrected chi connectivity index (χ3v) is 4.17. The molecule has 1 amide bonds. The minimum Gasteiger partial charge on any atom is -0.350 e. The number of nitrogens with one attached hydrogen (secondary N) is 1. The maximum atomic E-state index is 12.4. The molecular formula is C19H22N6O. The highest BCUT2D eigenvalue weighted by molar-refractivity contribution is 5.94. The van der Waals surface area contributed by atoms with E-state index >= 15 is 0 Å². The Kier molecular flexibility index (Phi) is 5.38. The van der Waals surface area contributed by atoms with Gasteiger partial charge in [0, 0.05) is 24.3 Å². The van der Waals surface area contributed by atoms with Crippen LogP contribution in [-0.4, -0.2) is 32.2 Å². The smallest absolute Gasteiger partial charge is 0.251 e. The number of hydrogen-bond acceptors (Lipinski definition) is 5. The molecule has 3 rings (SSSR count). The van der Waals surface area contributed by atoms with E-state index in [-0.39, 0.29) is 11.9 Å². The van der Waals surface area contributed by atoms with Gasteiger partial charge in [-0.25, -0.2) is 14.6 Å². The average molecular weight is 350 g/mol. The summed E-state index contributed by atoms with van der Waals surface area (Å²) in [5, 5.41) is 6.88. The number of hydrogen-bond donors (Lipinski definition) is 2. The van der Waals surface area contributed by atoms with Crippen molar-refractivity contribution in [2.24, 2.45) is 5.73 Å². The molecule has 2 heterocycles. The number of nitrogens with zero attached hydrogens (tertiary/aromatic N) is 4. The van der Waals surface area contributed by atoms with E-state index < -0.39 is 0 Å². The Labute approximate surface area is 152 Å². The van der Waals surface area contributed by atoms with E-state index in [1.54, 1.807) is 18.3 Å². The van der Waals surface area contributed by atoms with Crippen LogP contribution in [0.25, 0.3) is 5.82 Å². The molecule has 3 N–H and O–H groups in total. The van der Waals surface area contributed by atoms with Crippen LogP contribution in [0, 0.1) is 0 Å². The summed E-state index contributed by atoms with van der Waals surface area (Å²) in [6.45, 7) is 4.65. The fourth-order valence-electron chi connectivity index (χ4n) is 2.56. The molecule has 26 heavy (non-hydrogen) atoms. The lowest BCUT2D eigenvalue weighted by molar-refractivity contribution is 0.0951. The summed E-state index contributed by atoms with van der Waals surface area (Å²) in [4.78, 5) is 20.5. The van der Waals surface area contributed by atoms with E-state index in [2.05, 4.69) is 46.4 Å². The molecule has 0 aliphatic carbocycles. The topological polar surface area (TPSA) is 98.7 Å². The van der Waals surface area contributed by atoms with E-state index in [1.807, 2.05) is 12.1 Å². The lowest BCUT2D eigenvalue weighted by atomic mass is 9.99. The van der Waals surface area contributed by atoms with Gasteiger partial charge < -0.3 is 11.1 Å². The summed E-state index contributed by atoms with van der Waals surface area (Å²) in [7, 11) is 0. The molecule has 0 radical (unpaired) electrons. The average Bonchev–Trinajstić information content (AvgIpc) is 3.21. The van der Waals surface area contributed by atoms with Crippen LogP contribution in [0.2, 0.25) is 0 Å². The van der Waals surface area contributed by atoms with E-state index in [0.29, 0.717) is 23.8 Å². The first kappa shape index (κ1) is 17.8. The number of amides is 1. The molecule has 7 nitrogen and oxygen atoms in total. The number of pyridine rings is 1. The van der Waals surface area contributed by atoms with Gasteiger partial charge in [0.25, 0.3) is 5.91 Å². The number of benzene rings is 1. The van der Waals surface area contributed by atoms with Crippen LogP contribution >= 0.6 is 0 Å². The number of aromatic nitrogens is 4. The highest BCUT2D eigenvalue weighted by atomic mass is 16.1. The zero-order chi connectivity index (χ0) is 18.5. The summed E-state index contributed by atoms with van der Waals surface area (Å²) in [6, 6.07) is 11.2. The van der Waals surface area contributed by atoms with Crippen molar-refractivity contribution in [1.82, 2.24) is 25.1 Å². The van der Waals surface area contributed by atoms with Gasteiger partial charge in [0.2, 0.25) is 0 Å². The predicted octanol–water partition coefficient (Wildman–Crippen LogP) is 2.22. The summed E-state index contributed by atoms with van der Waals surface area (Å²) in [5.41, 5.74) is 8.96. The molecule has 2 aromatic heterocycles. The van der Waals surface area contributed by atoms with Gasteiger partial charge in [0.1, 0.15) is 12.7 Å². The van der Waals surface area contributed by atoms with Crippen molar-refractivity contribution in [1.29, 1.82) is 0 Å². The van der Waals surface area contributed by atoms with E-state index in [1.165, 1.54) is 22.9 Å². The molecule has 1 unspecified atom stereocenters. The predicted molar refractivity (Wildman–Crippen MR) is 98.9 cm³/mol. The Morgan fingerprint density at radius 1 is 1.19 bits per heavy atom. The fourth-order valence-corrected chi connectivity index (χ4v) is 2.56. The molecular weight excluding hydrogens is 328 g/mol. The molecule has 1 aromatic carbocycles. The molecule has 3 aromatic rings. The molecule has 0 aliphatic heterocycles. The first-order valence-electron chi connectivity index (χ1n) is 8.49. The van der Waals surface area contributed by atoms with E-state index in [4.69, 9.17) is 5.73 Å². The van der Waals surface area contributed by atoms with Crippen LogP contribution in [0.15, 0.2) is 55.2 Å². The molecule has 0 saturated heterocycles. The van der Waals surface area contributed by atoms with E-state index in [9.17, 15) is 4.79 Å². The van der Waals surface area contributed by atoms with Gasteiger partial charge in [0.05, 0.1) is 0 Å². The molecule has 7 heteroatoms. The number of nitrogens with two attached hydrogens (primary N) is 1. The molecule has 134 valence electrons. The highest BCUT2D eigenvalue weighted by Crippen LogP contribution is 2.17. The maximum absolute atomic E-state index is 12.4. The third kappa shape index (κ3) is 4.12. The molecule has 0 saturated carbocycles. The van der Waals surface area contributed by atoms with Crippen molar-refractivity contribution in [3.63, 3.8) is 0 Å². The van der Waals surface area contributed by atoms with Gasteiger partial charge in [-0.1, -0.05) is 38.1 Å². The Morgan fingerprint density at radius 3 is 2.58 bits per heavy atom. The van der Waals surface area contributed by atoms with Gasteiger partial charge in [0.15, 0.2) is 5.82 Å². The van der Waals surface area contributed by atoms with Crippen molar-refractivity contribution < 1.29 is 4.79 Å². The zero-order valence-corrected chi connectivity index (χ0v) is 14.8. The summed E-state index contributed by atoms with van der Waals surface area (Å²) in [5.74, 6) is 0.803. The molecule has 0 fully saturated rings. The molecule has 1 atom stereocenters. The number of rotatable bonds is 6. The summed E-state index contributed by atoms with van der Waals surface area (Å²) >= 11 is 0. The second kappa shape index (κ2) is 7.88. The summed E-state index contributed by atoms with van der Waals surface area (Å²) < 4.78 is 1.50. The lowest BCUT2D eigenvalue weighted by Crippen LogP contribution is -2.32. The molecule has 0 bridgehead atoms. The first-order valence-corrected chi connectivity index (χ1v) is 8.49. The normalized spacial score (nSPS) is 12.2. The minimum atomic E-state index is -0.267. The van der Waals surface area contributed by atoms with E-state index in [0.717, 1.165) is 5.56 Å². The second-order valence-electron chi connectivity index (χ2n) is 6.38. The van der Waals surface area contributed by atoms with Crippen LogP contribution in [0.4, 0.5) is 0 Å². The van der Waals surface area contributed by atoms with Crippen LogP contribution in [0.1, 0.15) is 47.3 Å². The standard InChI is InChI=1S/C19H22N6O/c1-13(2)14-3-5-15(6-4-14)17(20)10-23-19(26)16-7-8-22-18(9-16)25-12-21-11-24-25/h3-9,11-13,17H,10,20H2,1-2H3,(H,23,26). The van der Waals surface area contributed by atoms with Gasteiger partial charge in [-0.15, -0.1) is 0 Å². The van der Waals surface area contributed by atoms with Crippen LogP contribution in [0.3, 0.4) is 0 Å². The van der Waals surface area contributed by atoms with Crippen molar-refractivity contribution in [3.05, 3.63) is 71.9 Å². The highest BCUT2D eigenvalue weighted by Gasteiger charge is 2.12. The van der Waals surface area contributed by atoms with Gasteiger partial charge in [-0.3, -0.25) is 4.79 Å². The SMILES string of the molecule is CC(C)c1ccc(C(N)CNC(=O)c2ccnc(-n3cncn3)c2)cc1. The third-order valence-electron chi connectivity index (χ3n) is 4.17. The van der Waals surface area contributed by atoms with Gasteiger partial charge in [-0.05, 0) is 29.2 Å². The Balaban J connectivity index is 1.62. The largest absolute Gasteiger partial charge is 0.350 e. The van der Waals surface area contributed by atoms with Crippen LogP contribution < -0.4 is 11.1 Å². The molecule has 0 aliphatic rings. The number of carbonyl (C=O) groups excluding carboxylic acids is 1. The maximum Gasteiger partial charge on any atom is 0.251 e. The van der Waals surface area contributed by atoms with Crippen molar-refractivity contribution in [2.45, 2.75) is 25.8 Å². The monoisotopic (exact) mass is 350 g/mol. The number of carbonyl (C=O) groups is 1. The Bertz CT molecular complexity index is 858. The van der Waals surface area contributed by atoms with Gasteiger partial charge in [-0.2, -0.15) is 5.10 Å².